The van der Waals surface area contributed by atoms with Gasteiger partial charge in [-0.1, -0.05) is 19.1 Å². The van der Waals surface area contributed by atoms with Gasteiger partial charge in [0.1, 0.15) is 0 Å². The van der Waals surface area contributed by atoms with Gasteiger partial charge in [0, 0.05) is 0 Å². The molecule has 16 heavy (non-hydrogen) atoms. The summed E-state index contributed by atoms with van der Waals surface area (Å²) in [5.74, 6) is 4.19. The average molecular weight is 218 g/mol. The molecule has 0 spiro atoms. The van der Waals surface area contributed by atoms with Crippen molar-refractivity contribution in [3.05, 3.63) is 35.4 Å². The first-order valence-electron chi connectivity index (χ1n) is 5.10. The van der Waals surface area contributed by atoms with E-state index in [1.165, 1.54) is 0 Å². The summed E-state index contributed by atoms with van der Waals surface area (Å²) in [4.78, 5) is 15.5. The fourth-order valence-corrected chi connectivity index (χ4v) is 1.54. The first kappa shape index (κ1) is 12.2. The predicted octanol–water partition coefficient (Wildman–Crippen LogP) is 1.54. The van der Waals surface area contributed by atoms with Crippen LogP contribution < -0.4 is 5.90 Å². The second kappa shape index (κ2) is 5.89. The van der Waals surface area contributed by atoms with Gasteiger partial charge in [-0.05, 0) is 30.5 Å². The largest absolute Gasteiger partial charge is 0.373 e. The van der Waals surface area contributed by atoms with Gasteiger partial charge in [-0.3, -0.25) is 4.79 Å². The van der Waals surface area contributed by atoms with Crippen LogP contribution in [0, 0.1) is 17.2 Å². The molecule has 0 saturated carbocycles. The van der Waals surface area contributed by atoms with E-state index in [4.69, 9.17) is 11.2 Å². The van der Waals surface area contributed by atoms with Crippen LogP contribution in [0.25, 0.3) is 0 Å². The van der Waals surface area contributed by atoms with Gasteiger partial charge >= 0.3 is 5.97 Å². The molecule has 0 aromatic heterocycles. The normalized spacial score (nSPS) is 11.6. The average Bonchev–Trinajstić information content (AvgIpc) is 2.35. The van der Waals surface area contributed by atoms with E-state index < -0.39 is 5.97 Å². The van der Waals surface area contributed by atoms with Crippen molar-refractivity contribution in [1.29, 1.82) is 5.26 Å². The SMILES string of the molecule is CCC(Cc1cccc(C#N)c1)C(=O)ON. The zero-order chi connectivity index (χ0) is 12.0. The summed E-state index contributed by atoms with van der Waals surface area (Å²) < 4.78 is 0. The van der Waals surface area contributed by atoms with Crippen LogP contribution in [0.15, 0.2) is 24.3 Å². The highest BCUT2D eigenvalue weighted by atomic mass is 16.7. The number of carbonyl (C=O) groups excluding carboxylic acids is 1. The Hall–Kier alpha value is -1.86. The summed E-state index contributed by atoms with van der Waals surface area (Å²) in [6.07, 6.45) is 1.20. The van der Waals surface area contributed by atoms with Gasteiger partial charge in [0.05, 0.1) is 17.6 Å². The van der Waals surface area contributed by atoms with Gasteiger partial charge in [-0.25, -0.2) is 0 Å². The van der Waals surface area contributed by atoms with Crippen LogP contribution in [0.4, 0.5) is 0 Å². The first-order chi connectivity index (χ1) is 7.71. The second-order valence-corrected chi connectivity index (χ2v) is 3.56. The third kappa shape index (κ3) is 3.07. The Labute approximate surface area is 94.6 Å². The molecular weight excluding hydrogens is 204 g/mol. The summed E-state index contributed by atoms with van der Waals surface area (Å²) in [6, 6.07) is 9.24. The van der Waals surface area contributed by atoms with Crippen molar-refractivity contribution in [2.75, 3.05) is 0 Å². The molecule has 1 aromatic rings. The van der Waals surface area contributed by atoms with Crippen LogP contribution in [0.1, 0.15) is 24.5 Å². The molecule has 0 bridgehead atoms. The molecule has 0 radical (unpaired) electrons. The van der Waals surface area contributed by atoms with Gasteiger partial charge in [0.2, 0.25) is 0 Å². The van der Waals surface area contributed by atoms with Crippen LogP contribution in [0.5, 0.6) is 0 Å². The van der Waals surface area contributed by atoms with Gasteiger partial charge in [-0.2, -0.15) is 11.2 Å². The van der Waals surface area contributed by atoms with Gasteiger partial charge in [0.15, 0.2) is 0 Å². The first-order valence-corrected chi connectivity index (χ1v) is 5.10. The molecular formula is C12H14N2O2. The smallest absolute Gasteiger partial charge is 0.327 e. The van der Waals surface area contributed by atoms with Crippen LogP contribution >= 0.6 is 0 Å². The Morgan fingerprint density at radius 1 is 1.62 bits per heavy atom. The molecule has 0 heterocycles. The molecule has 1 aromatic carbocycles. The summed E-state index contributed by atoms with van der Waals surface area (Å²) in [5.41, 5.74) is 1.53. The number of carbonyl (C=O) groups is 1. The molecule has 1 rings (SSSR count). The van der Waals surface area contributed by atoms with Gasteiger partial charge in [0.25, 0.3) is 0 Å². The summed E-state index contributed by atoms with van der Waals surface area (Å²) in [7, 11) is 0. The summed E-state index contributed by atoms with van der Waals surface area (Å²) >= 11 is 0. The fraction of sp³-hybridized carbons (Fsp3) is 0.333. The van der Waals surface area contributed by atoms with Crippen LogP contribution in [0.2, 0.25) is 0 Å². The number of rotatable bonds is 4. The topological polar surface area (TPSA) is 76.1 Å². The Bertz CT molecular complexity index is 410. The quantitative estimate of drug-likeness (QED) is 0.778. The molecule has 2 N–H and O–H groups in total. The Kier molecular flexibility index (Phi) is 4.49. The second-order valence-electron chi connectivity index (χ2n) is 3.56. The molecule has 4 heteroatoms. The van der Waals surface area contributed by atoms with Crippen molar-refractivity contribution in [1.82, 2.24) is 0 Å². The lowest BCUT2D eigenvalue weighted by Crippen LogP contribution is -2.22. The number of benzene rings is 1. The van der Waals surface area contributed by atoms with Gasteiger partial charge in [-0.15, -0.1) is 0 Å². The van der Waals surface area contributed by atoms with E-state index in [9.17, 15) is 4.79 Å². The van der Waals surface area contributed by atoms with Crippen molar-refractivity contribution < 1.29 is 9.63 Å². The van der Waals surface area contributed by atoms with Crippen LogP contribution in [0.3, 0.4) is 0 Å². The van der Waals surface area contributed by atoms with E-state index in [2.05, 4.69) is 10.9 Å². The van der Waals surface area contributed by atoms with E-state index in [-0.39, 0.29) is 5.92 Å². The number of hydrogen-bond acceptors (Lipinski definition) is 4. The van der Waals surface area contributed by atoms with E-state index >= 15 is 0 Å². The monoisotopic (exact) mass is 218 g/mol. The zero-order valence-corrected chi connectivity index (χ0v) is 9.14. The number of hydrogen-bond donors (Lipinski definition) is 1. The highest BCUT2D eigenvalue weighted by Crippen LogP contribution is 2.14. The van der Waals surface area contributed by atoms with Crippen molar-refractivity contribution in [2.45, 2.75) is 19.8 Å². The molecule has 1 atom stereocenters. The maximum atomic E-state index is 11.3. The molecule has 4 nitrogen and oxygen atoms in total. The highest BCUT2D eigenvalue weighted by molar-refractivity contribution is 5.72. The summed E-state index contributed by atoms with van der Waals surface area (Å²) in [6.45, 7) is 1.90. The molecule has 0 aliphatic rings. The van der Waals surface area contributed by atoms with E-state index in [1.807, 2.05) is 13.0 Å². The van der Waals surface area contributed by atoms with E-state index in [1.54, 1.807) is 18.2 Å². The van der Waals surface area contributed by atoms with Crippen LogP contribution in [-0.4, -0.2) is 5.97 Å². The molecule has 1 unspecified atom stereocenters. The molecule has 0 amide bonds. The van der Waals surface area contributed by atoms with Crippen molar-refractivity contribution in [3.63, 3.8) is 0 Å². The van der Waals surface area contributed by atoms with Crippen molar-refractivity contribution in [3.8, 4) is 6.07 Å². The maximum Gasteiger partial charge on any atom is 0.327 e. The Balaban J connectivity index is 2.78. The van der Waals surface area contributed by atoms with E-state index in [0.29, 0.717) is 18.4 Å². The molecule has 0 aliphatic heterocycles. The third-order valence-corrected chi connectivity index (χ3v) is 2.48. The Morgan fingerprint density at radius 3 is 2.94 bits per heavy atom. The lowest BCUT2D eigenvalue weighted by Gasteiger charge is -2.11. The molecule has 84 valence electrons. The fourth-order valence-electron chi connectivity index (χ4n) is 1.54. The summed E-state index contributed by atoms with van der Waals surface area (Å²) in [5, 5.41) is 8.75. The minimum Gasteiger partial charge on any atom is -0.373 e. The van der Waals surface area contributed by atoms with E-state index in [0.717, 1.165) is 5.56 Å². The standard InChI is InChI=1S/C12H14N2O2/c1-2-11(12(15)16-14)7-9-4-3-5-10(6-9)8-13/h3-6,11H,2,7,14H2,1H3. The Morgan fingerprint density at radius 2 is 2.38 bits per heavy atom. The minimum atomic E-state index is -0.412. The lowest BCUT2D eigenvalue weighted by molar-refractivity contribution is -0.149. The maximum absolute atomic E-state index is 11.3. The molecule has 0 saturated heterocycles. The third-order valence-electron chi connectivity index (χ3n) is 2.48. The van der Waals surface area contributed by atoms with Gasteiger partial charge < -0.3 is 4.84 Å². The number of nitrogens with zero attached hydrogens (tertiary/aromatic N) is 1. The lowest BCUT2D eigenvalue weighted by atomic mass is 9.96. The van der Waals surface area contributed by atoms with Crippen molar-refractivity contribution >= 4 is 5.97 Å². The predicted molar refractivity (Wildman–Crippen MR) is 58.9 cm³/mol. The number of nitrogens with two attached hydrogens (primary N) is 1. The van der Waals surface area contributed by atoms with Crippen molar-refractivity contribution in [2.24, 2.45) is 11.8 Å². The number of nitriles is 1. The van der Waals surface area contributed by atoms with Crippen LogP contribution in [-0.2, 0) is 16.1 Å². The minimum absolute atomic E-state index is 0.251. The molecule has 0 fully saturated rings. The molecule has 0 aliphatic carbocycles. The zero-order valence-electron chi connectivity index (χ0n) is 9.14. The highest BCUT2D eigenvalue weighted by Gasteiger charge is 2.17.